The van der Waals surface area contributed by atoms with Crippen molar-refractivity contribution in [3.05, 3.63) is 53.0 Å². The first-order valence-electron chi connectivity index (χ1n) is 8.61. The van der Waals surface area contributed by atoms with Crippen LogP contribution in [0.2, 0.25) is 0 Å². The summed E-state index contributed by atoms with van der Waals surface area (Å²) in [5.41, 5.74) is 0.792. The topological polar surface area (TPSA) is 98.8 Å². The van der Waals surface area contributed by atoms with Crippen LogP contribution in [0.3, 0.4) is 0 Å². The Kier molecular flexibility index (Phi) is 5.28. The lowest BCUT2D eigenvalue weighted by atomic mass is 10.2. The third-order valence-corrected chi connectivity index (χ3v) is 6.04. The van der Waals surface area contributed by atoms with Crippen LogP contribution in [0.25, 0.3) is 11.1 Å². The van der Waals surface area contributed by atoms with Crippen LogP contribution in [0.5, 0.6) is 5.75 Å². The molecule has 0 spiro atoms. The van der Waals surface area contributed by atoms with Crippen LogP contribution < -0.4 is 14.8 Å². The van der Waals surface area contributed by atoms with Gasteiger partial charge in [-0.25, -0.2) is 17.5 Å². The zero-order valence-electron chi connectivity index (χ0n) is 15.7. The van der Waals surface area contributed by atoms with Gasteiger partial charge in [0, 0.05) is 19.5 Å². The number of benzene rings is 2. The van der Waals surface area contributed by atoms with Crippen LogP contribution in [0.1, 0.15) is 19.8 Å². The van der Waals surface area contributed by atoms with Gasteiger partial charge in [0.05, 0.1) is 23.2 Å². The van der Waals surface area contributed by atoms with Crippen molar-refractivity contribution in [1.82, 2.24) is 4.57 Å². The van der Waals surface area contributed by atoms with Gasteiger partial charge in [-0.1, -0.05) is 6.92 Å². The van der Waals surface area contributed by atoms with Crippen molar-refractivity contribution in [1.29, 1.82) is 0 Å². The molecule has 8 nitrogen and oxygen atoms in total. The van der Waals surface area contributed by atoms with Gasteiger partial charge < -0.3 is 9.15 Å². The maximum Gasteiger partial charge on any atom is 0.419 e. The lowest BCUT2D eigenvalue weighted by Crippen LogP contribution is -2.36. The number of amides is 1. The summed E-state index contributed by atoms with van der Waals surface area (Å²) in [5, 5.41) is 0. The third-order valence-electron chi connectivity index (χ3n) is 4.30. The maximum atomic E-state index is 13.3. The van der Waals surface area contributed by atoms with Crippen molar-refractivity contribution in [3.63, 3.8) is 0 Å². The number of ether oxygens (including phenoxy) is 1. The second-order valence-electron chi connectivity index (χ2n) is 6.17. The summed E-state index contributed by atoms with van der Waals surface area (Å²) in [4.78, 5) is 24.2. The number of carbonyl (C=O) groups is 1. The molecule has 0 saturated carbocycles. The molecule has 1 heterocycles. The molecule has 2 aromatic carbocycles. The Balaban J connectivity index is 2.14. The fourth-order valence-corrected chi connectivity index (χ4v) is 4.30. The summed E-state index contributed by atoms with van der Waals surface area (Å²) in [6.07, 6.45) is 0.557. The standard InChI is InChI=1S/C19H20N2O6S/c1-4-5-18(22)21(13-6-8-14(26-3)9-7-13)28(24,25)15-10-11-16-17(12-15)27-19(23)20(16)2/h6-12H,4-5H2,1-3H3. The van der Waals surface area contributed by atoms with E-state index < -0.39 is 21.7 Å². The van der Waals surface area contributed by atoms with Gasteiger partial charge in [-0.3, -0.25) is 9.36 Å². The largest absolute Gasteiger partial charge is 0.497 e. The van der Waals surface area contributed by atoms with Crippen LogP contribution in [0.4, 0.5) is 5.69 Å². The number of methoxy groups -OCH3 is 1. The number of hydrogen-bond acceptors (Lipinski definition) is 6. The van der Waals surface area contributed by atoms with Crippen LogP contribution in [0.15, 0.2) is 56.6 Å². The number of fused-ring (bicyclic) bond motifs is 1. The molecular formula is C19H20N2O6S. The van der Waals surface area contributed by atoms with E-state index >= 15 is 0 Å². The van der Waals surface area contributed by atoms with E-state index in [4.69, 9.17) is 9.15 Å². The maximum absolute atomic E-state index is 13.3. The minimum absolute atomic E-state index is 0.0634. The number of aryl methyl sites for hydroxylation is 1. The Hall–Kier alpha value is -3.07. The van der Waals surface area contributed by atoms with Crippen molar-refractivity contribution in [2.75, 3.05) is 11.4 Å². The summed E-state index contributed by atoms with van der Waals surface area (Å²) >= 11 is 0. The molecule has 28 heavy (non-hydrogen) atoms. The van der Waals surface area contributed by atoms with E-state index in [0.717, 1.165) is 4.31 Å². The highest BCUT2D eigenvalue weighted by atomic mass is 32.2. The molecule has 0 unspecified atom stereocenters. The summed E-state index contributed by atoms with van der Waals surface area (Å²) in [7, 11) is -1.20. The first-order chi connectivity index (χ1) is 13.3. The number of sulfonamides is 1. The van der Waals surface area contributed by atoms with Crippen LogP contribution in [0, 0.1) is 0 Å². The van der Waals surface area contributed by atoms with Gasteiger partial charge in [0.2, 0.25) is 5.91 Å². The number of nitrogens with zero attached hydrogens (tertiary/aromatic N) is 2. The van der Waals surface area contributed by atoms with E-state index in [1.54, 1.807) is 19.1 Å². The van der Waals surface area contributed by atoms with Crippen LogP contribution >= 0.6 is 0 Å². The van der Waals surface area contributed by atoms with Gasteiger partial charge in [0.25, 0.3) is 10.0 Å². The number of rotatable bonds is 6. The van der Waals surface area contributed by atoms with Gasteiger partial charge in [0.1, 0.15) is 5.75 Å². The molecule has 0 bridgehead atoms. The first kappa shape index (κ1) is 19.7. The average molecular weight is 404 g/mol. The second kappa shape index (κ2) is 7.51. The number of aromatic nitrogens is 1. The lowest BCUT2D eigenvalue weighted by Gasteiger charge is -2.22. The third kappa shape index (κ3) is 3.40. The molecule has 0 aliphatic rings. The monoisotopic (exact) mass is 404 g/mol. The molecule has 0 atom stereocenters. The molecule has 0 aliphatic heterocycles. The molecule has 0 aliphatic carbocycles. The van der Waals surface area contributed by atoms with Crippen molar-refractivity contribution in [2.45, 2.75) is 24.7 Å². The van der Waals surface area contributed by atoms with Crippen molar-refractivity contribution >= 4 is 32.7 Å². The van der Waals surface area contributed by atoms with E-state index in [-0.39, 0.29) is 22.6 Å². The predicted molar refractivity (Wildman–Crippen MR) is 104 cm³/mol. The average Bonchev–Trinajstić information content (AvgIpc) is 2.96. The number of oxazole rings is 1. The molecule has 0 radical (unpaired) electrons. The summed E-state index contributed by atoms with van der Waals surface area (Å²) in [6, 6.07) is 10.2. The molecule has 9 heteroatoms. The molecule has 1 amide bonds. The molecule has 3 aromatic rings. The summed E-state index contributed by atoms with van der Waals surface area (Å²) in [6.45, 7) is 1.79. The number of hydrogen-bond donors (Lipinski definition) is 0. The van der Waals surface area contributed by atoms with E-state index in [2.05, 4.69) is 0 Å². The van der Waals surface area contributed by atoms with Gasteiger partial charge in [-0.15, -0.1) is 0 Å². The van der Waals surface area contributed by atoms with Gasteiger partial charge in [-0.2, -0.15) is 0 Å². The van der Waals surface area contributed by atoms with Gasteiger partial charge >= 0.3 is 5.76 Å². The number of carbonyl (C=O) groups excluding carboxylic acids is 1. The Morgan fingerprint density at radius 3 is 2.46 bits per heavy atom. The normalized spacial score (nSPS) is 11.5. The molecule has 0 saturated heterocycles. The smallest absolute Gasteiger partial charge is 0.419 e. The van der Waals surface area contributed by atoms with Crippen LogP contribution in [-0.2, 0) is 21.9 Å². The summed E-state index contributed by atoms with van der Waals surface area (Å²) in [5.74, 6) is -0.614. The first-order valence-corrected chi connectivity index (χ1v) is 10.1. The second-order valence-corrected chi connectivity index (χ2v) is 7.95. The summed E-state index contributed by atoms with van der Waals surface area (Å²) < 4.78 is 38.8. The minimum atomic E-state index is -4.22. The quantitative estimate of drug-likeness (QED) is 0.626. The molecular weight excluding hydrogens is 384 g/mol. The Morgan fingerprint density at radius 2 is 1.86 bits per heavy atom. The highest BCUT2D eigenvalue weighted by Gasteiger charge is 2.31. The van der Waals surface area contributed by atoms with E-state index in [1.165, 1.54) is 49.1 Å². The molecule has 0 fully saturated rings. The molecule has 148 valence electrons. The zero-order chi connectivity index (χ0) is 20.5. The molecule has 3 rings (SSSR count). The Morgan fingerprint density at radius 1 is 1.18 bits per heavy atom. The van der Waals surface area contributed by atoms with E-state index in [1.807, 2.05) is 0 Å². The SMILES string of the molecule is CCCC(=O)N(c1ccc(OC)cc1)S(=O)(=O)c1ccc2c(c1)oc(=O)n2C. The van der Waals surface area contributed by atoms with Crippen molar-refractivity contribution < 1.29 is 22.4 Å². The molecule has 0 N–H and O–H groups in total. The highest BCUT2D eigenvalue weighted by molar-refractivity contribution is 7.93. The van der Waals surface area contributed by atoms with E-state index in [0.29, 0.717) is 17.7 Å². The predicted octanol–water partition coefficient (Wildman–Crippen LogP) is 2.66. The fraction of sp³-hybridized carbons (Fsp3) is 0.263. The van der Waals surface area contributed by atoms with Crippen molar-refractivity contribution in [2.24, 2.45) is 7.05 Å². The van der Waals surface area contributed by atoms with E-state index in [9.17, 15) is 18.0 Å². The fourth-order valence-electron chi connectivity index (χ4n) is 2.83. The Labute approximate surface area is 162 Å². The van der Waals surface area contributed by atoms with Gasteiger partial charge in [0.15, 0.2) is 5.58 Å². The Bertz CT molecular complexity index is 1180. The zero-order valence-corrected chi connectivity index (χ0v) is 16.5. The van der Waals surface area contributed by atoms with Crippen molar-refractivity contribution in [3.8, 4) is 5.75 Å². The van der Waals surface area contributed by atoms with Crippen LogP contribution in [-0.4, -0.2) is 26.0 Å². The minimum Gasteiger partial charge on any atom is -0.497 e. The van der Waals surface area contributed by atoms with Gasteiger partial charge in [-0.05, 0) is 42.8 Å². The lowest BCUT2D eigenvalue weighted by molar-refractivity contribution is -0.117. The highest BCUT2D eigenvalue weighted by Crippen LogP contribution is 2.28. The molecule has 1 aromatic heterocycles. The number of anilines is 1.